The lowest BCUT2D eigenvalue weighted by Gasteiger charge is -2.36. The lowest BCUT2D eigenvalue weighted by molar-refractivity contribution is 0.0898. The number of likely N-dealkylation sites (tertiary alicyclic amines) is 1. The van der Waals surface area contributed by atoms with Crippen molar-refractivity contribution in [3.63, 3.8) is 0 Å². The fourth-order valence-electron chi connectivity index (χ4n) is 2.39. The van der Waals surface area contributed by atoms with Gasteiger partial charge in [-0.15, -0.1) is 0 Å². The van der Waals surface area contributed by atoms with Crippen LogP contribution in [0.5, 0.6) is 0 Å². The van der Waals surface area contributed by atoms with Crippen LogP contribution in [0.2, 0.25) is 0 Å². The molecule has 4 heteroatoms. The molecule has 1 atom stereocenters. The molecule has 4 nitrogen and oxygen atoms in total. The number of nitrogens with zero attached hydrogens (tertiary/aromatic N) is 2. The van der Waals surface area contributed by atoms with E-state index in [1.165, 1.54) is 12.8 Å². The monoisotopic (exact) mass is 224 g/mol. The first-order valence-corrected chi connectivity index (χ1v) is 6.03. The largest absolute Gasteiger partial charge is 0.442 e. The van der Waals surface area contributed by atoms with Gasteiger partial charge < -0.3 is 9.52 Å². The van der Waals surface area contributed by atoms with Crippen molar-refractivity contribution < 1.29 is 9.52 Å². The summed E-state index contributed by atoms with van der Waals surface area (Å²) in [5, 5.41) is 8.98. The standard InChI is InChI=1S/C12H20N2O2/c1-9(2)14-6-4-3-5-11(14)12-13-7-10(8-15)16-12/h7,9,11,15H,3-6,8H2,1-2H3. The summed E-state index contributed by atoms with van der Waals surface area (Å²) in [6.07, 6.45) is 5.21. The van der Waals surface area contributed by atoms with Gasteiger partial charge >= 0.3 is 0 Å². The molecule has 2 rings (SSSR count). The van der Waals surface area contributed by atoms with E-state index in [9.17, 15) is 0 Å². The van der Waals surface area contributed by atoms with Crippen molar-refractivity contribution in [3.8, 4) is 0 Å². The molecular formula is C12H20N2O2. The lowest BCUT2D eigenvalue weighted by Crippen LogP contribution is -2.38. The predicted octanol–water partition coefficient (Wildman–Crippen LogP) is 2.10. The molecule has 1 fully saturated rings. The molecule has 1 aliphatic rings. The zero-order valence-electron chi connectivity index (χ0n) is 10.0. The fraction of sp³-hybridized carbons (Fsp3) is 0.750. The predicted molar refractivity (Wildman–Crippen MR) is 60.9 cm³/mol. The summed E-state index contributed by atoms with van der Waals surface area (Å²) in [5.74, 6) is 1.32. The Morgan fingerprint density at radius 1 is 1.56 bits per heavy atom. The van der Waals surface area contributed by atoms with E-state index in [0.717, 1.165) is 18.9 Å². The first kappa shape index (κ1) is 11.6. The number of aliphatic hydroxyl groups excluding tert-OH is 1. The minimum absolute atomic E-state index is 0.0681. The highest BCUT2D eigenvalue weighted by Crippen LogP contribution is 2.31. The van der Waals surface area contributed by atoms with Crippen LogP contribution in [0.3, 0.4) is 0 Å². The second kappa shape index (κ2) is 4.97. The maximum Gasteiger partial charge on any atom is 0.211 e. The van der Waals surface area contributed by atoms with Gasteiger partial charge in [-0.2, -0.15) is 0 Å². The number of aromatic nitrogens is 1. The Morgan fingerprint density at radius 2 is 2.38 bits per heavy atom. The molecule has 0 spiro atoms. The van der Waals surface area contributed by atoms with E-state index in [0.29, 0.717) is 11.8 Å². The average Bonchev–Trinajstić information content (AvgIpc) is 2.77. The van der Waals surface area contributed by atoms with Gasteiger partial charge in [0.15, 0.2) is 0 Å². The highest BCUT2D eigenvalue weighted by molar-refractivity contribution is 4.99. The van der Waals surface area contributed by atoms with E-state index in [2.05, 4.69) is 23.7 Å². The summed E-state index contributed by atoms with van der Waals surface area (Å²) in [4.78, 5) is 6.70. The molecule has 1 unspecified atom stereocenters. The van der Waals surface area contributed by atoms with Gasteiger partial charge in [0, 0.05) is 6.04 Å². The molecule has 16 heavy (non-hydrogen) atoms. The van der Waals surface area contributed by atoms with Crippen LogP contribution in [0.1, 0.15) is 50.8 Å². The van der Waals surface area contributed by atoms with E-state index >= 15 is 0 Å². The van der Waals surface area contributed by atoms with E-state index in [4.69, 9.17) is 9.52 Å². The van der Waals surface area contributed by atoms with Gasteiger partial charge in [-0.05, 0) is 33.2 Å². The summed E-state index contributed by atoms with van der Waals surface area (Å²) in [6.45, 7) is 5.45. The number of rotatable bonds is 3. The van der Waals surface area contributed by atoms with Crippen molar-refractivity contribution in [2.24, 2.45) is 0 Å². The van der Waals surface area contributed by atoms with Gasteiger partial charge in [0.05, 0.1) is 12.2 Å². The molecule has 1 aromatic rings. The van der Waals surface area contributed by atoms with E-state index in [1.54, 1.807) is 6.20 Å². The molecule has 1 saturated heterocycles. The van der Waals surface area contributed by atoms with E-state index in [-0.39, 0.29) is 12.6 Å². The summed E-state index contributed by atoms with van der Waals surface area (Å²) < 4.78 is 5.55. The smallest absolute Gasteiger partial charge is 0.211 e. The van der Waals surface area contributed by atoms with Crippen molar-refractivity contribution in [3.05, 3.63) is 17.8 Å². The summed E-state index contributed by atoms with van der Waals surface area (Å²) in [6, 6.07) is 0.795. The molecule has 0 radical (unpaired) electrons. The molecule has 0 aromatic carbocycles. The molecule has 1 aromatic heterocycles. The van der Waals surface area contributed by atoms with Gasteiger partial charge in [0.25, 0.3) is 0 Å². The number of aliphatic hydroxyl groups is 1. The van der Waals surface area contributed by atoms with Gasteiger partial charge in [-0.25, -0.2) is 4.98 Å². The Balaban J connectivity index is 2.16. The Hall–Kier alpha value is -0.870. The average molecular weight is 224 g/mol. The highest BCUT2D eigenvalue weighted by atomic mass is 16.4. The molecule has 0 bridgehead atoms. The first-order chi connectivity index (χ1) is 7.72. The van der Waals surface area contributed by atoms with E-state index in [1.807, 2.05) is 0 Å². The second-order valence-electron chi connectivity index (χ2n) is 4.67. The third-order valence-corrected chi connectivity index (χ3v) is 3.22. The minimum atomic E-state index is -0.0681. The fourth-order valence-corrected chi connectivity index (χ4v) is 2.39. The van der Waals surface area contributed by atoms with Crippen molar-refractivity contribution >= 4 is 0 Å². The molecule has 2 heterocycles. The number of hydrogen-bond donors (Lipinski definition) is 1. The summed E-state index contributed by atoms with van der Waals surface area (Å²) in [5.41, 5.74) is 0. The third-order valence-electron chi connectivity index (χ3n) is 3.22. The lowest BCUT2D eigenvalue weighted by atomic mass is 10.0. The van der Waals surface area contributed by atoms with Crippen molar-refractivity contribution in [1.82, 2.24) is 9.88 Å². The summed E-state index contributed by atoms with van der Waals surface area (Å²) in [7, 11) is 0. The Bertz CT molecular complexity index is 336. The van der Waals surface area contributed by atoms with Gasteiger partial charge in [-0.1, -0.05) is 6.42 Å². The SMILES string of the molecule is CC(C)N1CCCCC1c1ncc(CO)o1. The molecule has 0 saturated carbocycles. The van der Waals surface area contributed by atoms with Crippen molar-refractivity contribution in [1.29, 1.82) is 0 Å². The minimum Gasteiger partial charge on any atom is -0.442 e. The Morgan fingerprint density at radius 3 is 3.00 bits per heavy atom. The quantitative estimate of drug-likeness (QED) is 0.854. The molecule has 1 aliphatic heterocycles. The zero-order valence-corrected chi connectivity index (χ0v) is 10.0. The number of hydrogen-bond acceptors (Lipinski definition) is 4. The Labute approximate surface area is 96.3 Å². The van der Waals surface area contributed by atoms with Crippen molar-refractivity contribution in [2.45, 2.75) is 51.8 Å². The maximum atomic E-state index is 8.98. The highest BCUT2D eigenvalue weighted by Gasteiger charge is 2.29. The van der Waals surface area contributed by atoms with Crippen LogP contribution in [0, 0.1) is 0 Å². The van der Waals surface area contributed by atoms with Crippen LogP contribution >= 0.6 is 0 Å². The molecular weight excluding hydrogens is 204 g/mol. The van der Waals surface area contributed by atoms with Crippen LogP contribution in [0.4, 0.5) is 0 Å². The van der Waals surface area contributed by atoms with Crippen LogP contribution in [-0.2, 0) is 6.61 Å². The molecule has 1 N–H and O–H groups in total. The van der Waals surface area contributed by atoms with E-state index < -0.39 is 0 Å². The van der Waals surface area contributed by atoms with Crippen LogP contribution in [-0.4, -0.2) is 27.6 Å². The molecule has 90 valence electrons. The molecule has 0 aliphatic carbocycles. The topological polar surface area (TPSA) is 49.5 Å². The summed E-state index contributed by atoms with van der Waals surface area (Å²) >= 11 is 0. The van der Waals surface area contributed by atoms with Gasteiger partial charge in [0.1, 0.15) is 12.4 Å². The molecule has 0 amide bonds. The third kappa shape index (κ3) is 2.28. The van der Waals surface area contributed by atoms with Crippen LogP contribution in [0.25, 0.3) is 0 Å². The number of oxazole rings is 1. The zero-order chi connectivity index (χ0) is 11.5. The Kier molecular flexibility index (Phi) is 3.61. The van der Waals surface area contributed by atoms with Gasteiger partial charge in [-0.3, -0.25) is 4.90 Å². The normalized spacial score (nSPS) is 22.9. The number of piperidine rings is 1. The van der Waals surface area contributed by atoms with Crippen molar-refractivity contribution in [2.75, 3.05) is 6.54 Å². The first-order valence-electron chi connectivity index (χ1n) is 6.03. The maximum absolute atomic E-state index is 8.98. The second-order valence-corrected chi connectivity index (χ2v) is 4.67. The van der Waals surface area contributed by atoms with Gasteiger partial charge in [0.2, 0.25) is 5.89 Å². The van der Waals surface area contributed by atoms with Crippen LogP contribution in [0.15, 0.2) is 10.6 Å². The van der Waals surface area contributed by atoms with Crippen LogP contribution < -0.4 is 0 Å².